The Kier molecular flexibility index (Phi) is 2.30. The zero-order chi connectivity index (χ0) is 10.1. The summed E-state index contributed by atoms with van der Waals surface area (Å²) in [5, 5.41) is 2.81. The van der Waals surface area contributed by atoms with E-state index in [1.165, 1.54) is 11.3 Å². The molecule has 0 spiro atoms. The Morgan fingerprint density at radius 1 is 1.64 bits per heavy atom. The van der Waals surface area contributed by atoms with Crippen molar-refractivity contribution in [3.63, 3.8) is 0 Å². The van der Waals surface area contributed by atoms with E-state index in [4.69, 9.17) is 18.0 Å². The van der Waals surface area contributed by atoms with E-state index in [0.29, 0.717) is 5.82 Å². The van der Waals surface area contributed by atoms with Crippen molar-refractivity contribution in [1.82, 2.24) is 14.5 Å². The van der Waals surface area contributed by atoms with Gasteiger partial charge in [0.05, 0.1) is 5.69 Å². The van der Waals surface area contributed by atoms with Crippen LogP contribution in [0.2, 0.25) is 0 Å². The van der Waals surface area contributed by atoms with Gasteiger partial charge in [-0.3, -0.25) is 4.57 Å². The van der Waals surface area contributed by atoms with Gasteiger partial charge in [-0.15, -0.1) is 11.3 Å². The molecular formula is C8H8N4S2. The Morgan fingerprint density at radius 2 is 2.43 bits per heavy atom. The molecule has 2 aromatic rings. The molecule has 0 aliphatic rings. The molecule has 2 rings (SSSR count). The highest BCUT2D eigenvalue weighted by molar-refractivity contribution is 7.80. The molecule has 0 fully saturated rings. The Balaban J connectivity index is 2.51. The molecule has 0 unspecified atom stereocenters. The van der Waals surface area contributed by atoms with Gasteiger partial charge in [0.25, 0.3) is 0 Å². The number of thiazole rings is 1. The molecule has 0 amide bonds. The lowest BCUT2D eigenvalue weighted by molar-refractivity contribution is 1.00. The van der Waals surface area contributed by atoms with E-state index in [0.717, 1.165) is 10.8 Å². The zero-order valence-corrected chi connectivity index (χ0v) is 9.10. The summed E-state index contributed by atoms with van der Waals surface area (Å²) in [6, 6.07) is 0. The molecule has 72 valence electrons. The fourth-order valence-electron chi connectivity index (χ4n) is 1.09. The molecule has 2 heterocycles. The van der Waals surface area contributed by atoms with Crippen LogP contribution in [0.1, 0.15) is 11.5 Å². The fraction of sp³-hybridized carbons (Fsp3) is 0.125. The number of hydrogen-bond donors (Lipinski definition) is 1. The third-order valence-electron chi connectivity index (χ3n) is 1.67. The van der Waals surface area contributed by atoms with E-state index in [-0.39, 0.29) is 4.99 Å². The van der Waals surface area contributed by atoms with Crippen LogP contribution in [0.3, 0.4) is 0 Å². The number of aryl methyl sites for hydroxylation is 1. The number of hydrogen-bond acceptors (Lipinski definition) is 4. The van der Waals surface area contributed by atoms with Crippen LogP contribution in [-0.4, -0.2) is 19.5 Å². The number of nitrogens with zero attached hydrogens (tertiary/aromatic N) is 3. The summed E-state index contributed by atoms with van der Waals surface area (Å²) in [6.45, 7) is 1.94. The standard InChI is InChI=1S/C8H8N4S2/c1-5-4-14-8(11-5)12-3-2-10-7(12)6(9)13/h2-4H,1H3,(H2,9,13). The van der Waals surface area contributed by atoms with Gasteiger partial charge in [0, 0.05) is 17.8 Å². The summed E-state index contributed by atoms with van der Waals surface area (Å²) in [5.74, 6) is 0.578. The Labute approximate surface area is 90.4 Å². The Bertz CT molecular complexity index is 471. The van der Waals surface area contributed by atoms with Gasteiger partial charge in [0.2, 0.25) is 0 Å². The minimum absolute atomic E-state index is 0.280. The Morgan fingerprint density at radius 3 is 3.00 bits per heavy atom. The van der Waals surface area contributed by atoms with Gasteiger partial charge in [-0.2, -0.15) is 0 Å². The monoisotopic (exact) mass is 224 g/mol. The molecule has 0 saturated heterocycles. The van der Waals surface area contributed by atoms with Crippen molar-refractivity contribution in [2.75, 3.05) is 0 Å². The molecule has 0 aliphatic carbocycles. The lowest BCUT2D eigenvalue weighted by Gasteiger charge is -2.00. The lowest BCUT2D eigenvalue weighted by atomic mass is 10.6. The van der Waals surface area contributed by atoms with Crippen molar-refractivity contribution < 1.29 is 0 Å². The van der Waals surface area contributed by atoms with Crippen LogP contribution in [0.4, 0.5) is 0 Å². The second-order valence-corrected chi connectivity index (χ2v) is 4.03. The Hall–Kier alpha value is -1.27. The second kappa shape index (κ2) is 3.47. The molecule has 0 aliphatic heterocycles. The largest absolute Gasteiger partial charge is 0.387 e. The highest BCUT2D eigenvalue weighted by Crippen LogP contribution is 2.15. The van der Waals surface area contributed by atoms with Crippen LogP contribution in [0.15, 0.2) is 17.8 Å². The molecule has 14 heavy (non-hydrogen) atoms. The average Bonchev–Trinajstić information content (AvgIpc) is 2.70. The van der Waals surface area contributed by atoms with Crippen LogP contribution < -0.4 is 5.73 Å². The van der Waals surface area contributed by atoms with Gasteiger partial charge >= 0.3 is 0 Å². The van der Waals surface area contributed by atoms with E-state index < -0.39 is 0 Å². The smallest absolute Gasteiger partial charge is 0.195 e. The van der Waals surface area contributed by atoms with E-state index in [9.17, 15) is 0 Å². The van der Waals surface area contributed by atoms with Crippen LogP contribution in [0.5, 0.6) is 0 Å². The van der Waals surface area contributed by atoms with Crippen molar-refractivity contribution in [1.29, 1.82) is 0 Å². The van der Waals surface area contributed by atoms with E-state index in [2.05, 4.69) is 9.97 Å². The van der Waals surface area contributed by atoms with E-state index in [1.54, 1.807) is 17.0 Å². The van der Waals surface area contributed by atoms with E-state index >= 15 is 0 Å². The predicted octanol–water partition coefficient (Wildman–Crippen LogP) is 1.27. The zero-order valence-electron chi connectivity index (χ0n) is 7.47. The van der Waals surface area contributed by atoms with Crippen LogP contribution >= 0.6 is 23.6 Å². The molecule has 0 aromatic carbocycles. The summed E-state index contributed by atoms with van der Waals surface area (Å²) >= 11 is 6.42. The third-order valence-corrected chi connectivity index (χ3v) is 2.81. The van der Waals surface area contributed by atoms with Crippen molar-refractivity contribution in [3.8, 4) is 5.13 Å². The first-order chi connectivity index (χ1) is 6.68. The highest BCUT2D eigenvalue weighted by Gasteiger charge is 2.09. The molecule has 6 heteroatoms. The topological polar surface area (TPSA) is 56.7 Å². The van der Waals surface area contributed by atoms with Gasteiger partial charge in [0.1, 0.15) is 4.99 Å². The maximum atomic E-state index is 5.53. The van der Waals surface area contributed by atoms with Gasteiger partial charge in [-0.25, -0.2) is 9.97 Å². The summed E-state index contributed by atoms with van der Waals surface area (Å²) in [6.07, 6.45) is 3.46. The second-order valence-electron chi connectivity index (χ2n) is 2.76. The highest BCUT2D eigenvalue weighted by atomic mass is 32.1. The maximum absolute atomic E-state index is 5.53. The van der Waals surface area contributed by atoms with Crippen molar-refractivity contribution in [2.24, 2.45) is 5.73 Å². The average molecular weight is 224 g/mol. The fourth-order valence-corrected chi connectivity index (χ4v) is 2.03. The third kappa shape index (κ3) is 1.53. The number of aromatic nitrogens is 3. The maximum Gasteiger partial charge on any atom is 0.195 e. The quantitative estimate of drug-likeness (QED) is 0.780. The summed E-state index contributed by atoms with van der Waals surface area (Å²) in [5.41, 5.74) is 6.51. The minimum atomic E-state index is 0.280. The molecule has 0 radical (unpaired) electrons. The predicted molar refractivity (Wildman–Crippen MR) is 59.9 cm³/mol. The van der Waals surface area contributed by atoms with Crippen molar-refractivity contribution >= 4 is 28.5 Å². The molecule has 0 atom stereocenters. The molecule has 2 N–H and O–H groups in total. The summed E-state index contributed by atoms with van der Waals surface area (Å²) < 4.78 is 1.79. The number of rotatable bonds is 2. The lowest BCUT2D eigenvalue weighted by Crippen LogP contribution is -2.15. The summed E-state index contributed by atoms with van der Waals surface area (Å²) in [4.78, 5) is 8.67. The molecule has 0 saturated carbocycles. The first-order valence-electron chi connectivity index (χ1n) is 3.94. The number of thiocarbonyl (C=S) groups is 1. The van der Waals surface area contributed by atoms with Gasteiger partial charge < -0.3 is 5.73 Å². The van der Waals surface area contributed by atoms with Crippen LogP contribution in [0.25, 0.3) is 5.13 Å². The molecule has 4 nitrogen and oxygen atoms in total. The summed E-state index contributed by atoms with van der Waals surface area (Å²) in [7, 11) is 0. The van der Waals surface area contributed by atoms with Crippen molar-refractivity contribution in [2.45, 2.75) is 6.92 Å². The van der Waals surface area contributed by atoms with Gasteiger partial charge in [-0.1, -0.05) is 12.2 Å². The van der Waals surface area contributed by atoms with Crippen molar-refractivity contribution in [3.05, 3.63) is 29.3 Å². The first-order valence-corrected chi connectivity index (χ1v) is 5.23. The SMILES string of the molecule is Cc1csc(-n2ccnc2C(N)=S)n1. The number of nitrogens with two attached hydrogens (primary N) is 1. The minimum Gasteiger partial charge on any atom is -0.387 e. The number of imidazole rings is 1. The molecule has 0 bridgehead atoms. The molecule has 2 aromatic heterocycles. The first kappa shape index (κ1) is 9.29. The van der Waals surface area contributed by atoms with Crippen LogP contribution in [0, 0.1) is 6.92 Å². The van der Waals surface area contributed by atoms with Crippen LogP contribution in [-0.2, 0) is 0 Å². The van der Waals surface area contributed by atoms with Gasteiger partial charge in [-0.05, 0) is 6.92 Å². The van der Waals surface area contributed by atoms with E-state index in [1.807, 2.05) is 12.3 Å². The molecular weight excluding hydrogens is 216 g/mol. The van der Waals surface area contributed by atoms with Gasteiger partial charge in [0.15, 0.2) is 11.0 Å². The normalized spacial score (nSPS) is 10.4.